The van der Waals surface area contributed by atoms with E-state index in [9.17, 15) is 24.0 Å². The van der Waals surface area contributed by atoms with E-state index in [0.717, 1.165) is 70.6 Å². The molecule has 2 N–H and O–H groups in total. The number of methoxy groups -OCH3 is 1. The van der Waals surface area contributed by atoms with Crippen molar-refractivity contribution in [2.45, 2.75) is 104 Å². The molecule has 17 nitrogen and oxygen atoms in total. The molecule has 0 saturated carbocycles. The van der Waals surface area contributed by atoms with Gasteiger partial charge in [0.05, 0.1) is 31.2 Å². The maximum atomic E-state index is 15.1. The van der Waals surface area contributed by atoms with E-state index in [1.165, 1.54) is 16.0 Å². The molecule has 446 valence electrons. The molecule has 3 fully saturated rings. The molecule has 1 aromatic heterocycles. The largest absolute Gasteiger partial charge is 0.464 e. The number of nitrogens with zero attached hydrogens (tertiary/aromatic N) is 6. The molecular weight excluding hydrogens is 1100 g/mol. The summed E-state index contributed by atoms with van der Waals surface area (Å²) in [6.45, 7) is 20.0. The van der Waals surface area contributed by atoms with Crippen molar-refractivity contribution in [1.29, 1.82) is 0 Å². The molecule has 21 heteroatoms. The van der Waals surface area contributed by atoms with Crippen molar-refractivity contribution in [2.24, 2.45) is 17.3 Å². The van der Waals surface area contributed by atoms with E-state index in [1.807, 2.05) is 26.0 Å². The molecule has 0 aliphatic carbocycles. The minimum Gasteiger partial charge on any atom is -0.464 e. The van der Waals surface area contributed by atoms with E-state index in [1.54, 1.807) is 25.1 Å². The zero-order valence-electron chi connectivity index (χ0n) is 48.5. The zero-order chi connectivity index (χ0) is 55.1. The molecule has 3 aromatic carbocycles. The number of cyclic esters (lactones) is 1. The molecule has 4 amide bonds. The zero-order valence-corrected chi connectivity index (χ0v) is 52.5. The van der Waals surface area contributed by atoms with E-state index in [2.05, 4.69) is 102 Å². The fourth-order valence-electron chi connectivity index (χ4n) is 11.6. The summed E-state index contributed by atoms with van der Waals surface area (Å²) in [7, 11) is 5.40. The number of carbonyl (C=O) groups is 6. The first-order valence-corrected chi connectivity index (χ1v) is 27.6. The van der Waals surface area contributed by atoms with Crippen molar-refractivity contribution in [3.05, 3.63) is 90.0 Å². The summed E-state index contributed by atoms with van der Waals surface area (Å²) in [4.78, 5) is 92.1. The van der Waals surface area contributed by atoms with Crippen molar-refractivity contribution in [3.63, 3.8) is 0 Å². The summed E-state index contributed by atoms with van der Waals surface area (Å²) < 4.78 is 20.4. The first-order chi connectivity index (χ1) is 36.9. The fourth-order valence-corrected chi connectivity index (χ4v) is 11.6. The highest BCUT2D eigenvalue weighted by Crippen LogP contribution is 2.42. The maximum absolute atomic E-state index is 15.1. The number of piperazine rings is 1. The van der Waals surface area contributed by atoms with Gasteiger partial charge in [0.1, 0.15) is 23.9 Å². The van der Waals surface area contributed by atoms with Gasteiger partial charge in [0.15, 0.2) is 0 Å². The SMILES string of the molecule is C=CC(=O)N1CC[C@H](C(=O)N(C)[C@H](C(=O)N[C@H]2Cc3cc(OC(=O)CCN4CCN(C)CC4)cc(c3)-c3ccc4c(c3)c(c(-c3ccccc3CCOC)n4CC)CC(C)(C)COC(=O)[C@@H]3CCCN(N3)C2=O)C(C)C)C1.S.S.S.S. The first-order valence-electron chi connectivity index (χ1n) is 27.6. The Morgan fingerprint density at radius 2 is 1.67 bits per heavy atom. The highest BCUT2D eigenvalue weighted by atomic mass is 32.1. The van der Waals surface area contributed by atoms with Gasteiger partial charge in [0.2, 0.25) is 17.7 Å². The van der Waals surface area contributed by atoms with Crippen LogP contribution in [0.2, 0.25) is 0 Å². The van der Waals surface area contributed by atoms with Gasteiger partial charge in [-0.05, 0) is 110 Å². The summed E-state index contributed by atoms with van der Waals surface area (Å²) in [5, 5.41) is 5.50. The number of likely N-dealkylation sites (tertiary alicyclic amines) is 1. The van der Waals surface area contributed by atoms with Crippen LogP contribution in [-0.2, 0) is 64.0 Å². The standard InChI is InChI=1S/C60H80N8O9.4H2S/c1-10-52(69)66-25-20-43(37-66)57(72)64(8)54(39(3)4)56(71)61-50-33-40-31-44(34-45(32-40)77-53(70)21-24-65-28-26-63(7)27-29-65)42-18-19-51-47(35-42)48(55(67(51)11-2)46-16-13-12-15-41(46)22-30-75-9)36-60(5,6)38-76-59(74)49-17-14-23-68(62-49)58(50)73;;;;/h10,12-13,15-16,18-19,31-32,34-35,39,43,49-50,54,62H,1,11,14,17,20-30,33,36-38H2,2-9H3,(H,61,71);4*1H2/t43-,49-,50-,54-;;;;/m0..../s1. The number of esters is 2. The number of hydrazine groups is 1. The number of hydrogen-bond acceptors (Lipinski definition) is 12. The molecule has 5 heterocycles. The summed E-state index contributed by atoms with van der Waals surface area (Å²) >= 11 is 0. The average molecular weight is 1190 g/mol. The van der Waals surface area contributed by atoms with E-state index in [-0.39, 0.29) is 110 Å². The van der Waals surface area contributed by atoms with Crippen molar-refractivity contribution in [2.75, 3.05) is 86.8 Å². The number of benzene rings is 3. The lowest BCUT2D eigenvalue weighted by Gasteiger charge is -2.37. The second kappa shape index (κ2) is 30.5. The number of hydrogen-bond donors (Lipinski definition) is 2. The molecule has 0 unspecified atom stereocenters. The van der Waals surface area contributed by atoms with Crippen LogP contribution in [0.5, 0.6) is 5.75 Å². The van der Waals surface area contributed by atoms with Gasteiger partial charge < -0.3 is 43.7 Å². The average Bonchev–Trinajstić information content (AvgIpc) is 4.04. The predicted octanol–water partition coefficient (Wildman–Crippen LogP) is 6.34. The van der Waals surface area contributed by atoms with Crippen molar-refractivity contribution < 1.29 is 43.0 Å². The topological polar surface area (TPSA) is 175 Å². The van der Waals surface area contributed by atoms with Gasteiger partial charge in [-0.25, -0.2) is 5.43 Å². The van der Waals surface area contributed by atoms with Crippen molar-refractivity contribution >= 4 is 100 Å². The number of carbonyl (C=O) groups excluding carboxylic acids is 6. The molecule has 3 saturated heterocycles. The first kappa shape index (κ1) is 68.5. The third-order valence-corrected chi connectivity index (χ3v) is 15.8. The smallest absolute Gasteiger partial charge is 0.324 e. The van der Waals surface area contributed by atoms with Gasteiger partial charge in [-0.3, -0.25) is 33.8 Å². The number of ether oxygens (including phenoxy) is 3. The predicted molar refractivity (Wildman–Crippen MR) is 338 cm³/mol. The Morgan fingerprint density at radius 3 is 2.36 bits per heavy atom. The van der Waals surface area contributed by atoms with Crippen molar-refractivity contribution in [1.82, 2.24) is 39.9 Å². The minimum atomic E-state index is -1.20. The Balaban J connectivity index is 0.00000353. The number of aromatic nitrogens is 1. The molecule has 4 atom stereocenters. The molecular formula is C60H88N8O9S4. The van der Waals surface area contributed by atoms with Crippen LogP contribution >= 0.6 is 54.0 Å². The van der Waals surface area contributed by atoms with Gasteiger partial charge in [0.25, 0.3) is 5.91 Å². The monoisotopic (exact) mass is 1190 g/mol. The number of likely N-dealkylation sites (N-methyl/N-ethyl adjacent to an activating group) is 2. The molecule has 4 aliphatic rings. The maximum Gasteiger partial charge on any atom is 0.324 e. The lowest BCUT2D eigenvalue weighted by molar-refractivity contribution is -0.155. The van der Waals surface area contributed by atoms with E-state index in [0.29, 0.717) is 69.7 Å². The van der Waals surface area contributed by atoms with Crippen LogP contribution in [0.25, 0.3) is 33.3 Å². The highest BCUT2D eigenvalue weighted by molar-refractivity contribution is 7.59. The Labute approximate surface area is 506 Å². The Kier molecular flexibility index (Phi) is 25.8. The van der Waals surface area contributed by atoms with Crippen LogP contribution < -0.4 is 15.5 Å². The van der Waals surface area contributed by atoms with Crippen LogP contribution in [0.4, 0.5) is 0 Å². The van der Waals surface area contributed by atoms with E-state index >= 15 is 4.79 Å². The van der Waals surface area contributed by atoms with E-state index < -0.39 is 47.2 Å². The number of rotatable bonds is 15. The highest BCUT2D eigenvalue weighted by Gasteiger charge is 2.40. The number of nitrogens with one attached hydrogen (secondary N) is 2. The summed E-state index contributed by atoms with van der Waals surface area (Å²) in [5.41, 5.74) is 10.3. The van der Waals surface area contributed by atoms with Crippen LogP contribution in [-0.4, -0.2) is 170 Å². The number of fused-ring (bicyclic) bond motifs is 6. The van der Waals surface area contributed by atoms with Gasteiger partial charge in [-0.15, -0.1) is 0 Å². The Morgan fingerprint density at radius 1 is 0.938 bits per heavy atom. The second-order valence-electron chi connectivity index (χ2n) is 22.6. The molecule has 0 spiro atoms. The molecule has 4 aromatic rings. The summed E-state index contributed by atoms with van der Waals surface area (Å²) in [6.07, 6.45) is 4.03. The third kappa shape index (κ3) is 16.4. The second-order valence-corrected chi connectivity index (χ2v) is 22.6. The number of amides is 4. The summed E-state index contributed by atoms with van der Waals surface area (Å²) in [6, 6.07) is 17.4. The minimum absolute atomic E-state index is 0. The van der Waals surface area contributed by atoms with Crippen LogP contribution in [0.15, 0.2) is 73.3 Å². The Bertz CT molecular complexity index is 2860. The molecule has 81 heavy (non-hydrogen) atoms. The third-order valence-electron chi connectivity index (χ3n) is 15.8. The van der Waals surface area contributed by atoms with Gasteiger partial charge in [-0.2, -0.15) is 54.0 Å². The Hall–Kier alpha value is -5.00. The van der Waals surface area contributed by atoms with Gasteiger partial charge in [0, 0.05) is 101 Å². The lowest BCUT2D eigenvalue weighted by atomic mass is 9.83. The number of aryl methyl sites for hydroxylation is 1. The van der Waals surface area contributed by atoms with Crippen molar-refractivity contribution in [3.8, 4) is 28.1 Å². The molecule has 6 bridgehead atoms. The van der Waals surface area contributed by atoms with Crippen LogP contribution in [0.1, 0.15) is 77.0 Å². The molecule has 8 rings (SSSR count). The molecule has 4 aliphatic heterocycles. The summed E-state index contributed by atoms with van der Waals surface area (Å²) in [5.74, 6) is -3.00. The van der Waals surface area contributed by atoms with Gasteiger partial charge >= 0.3 is 11.9 Å². The van der Waals surface area contributed by atoms with Gasteiger partial charge in [-0.1, -0.05) is 70.7 Å². The van der Waals surface area contributed by atoms with E-state index in [4.69, 9.17) is 14.2 Å². The van der Waals surface area contributed by atoms with Crippen LogP contribution in [0, 0.1) is 17.3 Å². The van der Waals surface area contributed by atoms with Crippen LogP contribution in [0.3, 0.4) is 0 Å². The quantitative estimate of drug-likeness (QED) is 0.0769. The fraction of sp³-hybridized carbons (Fsp3) is 0.533. The lowest BCUT2D eigenvalue weighted by Crippen LogP contribution is -2.62. The normalized spacial score (nSPS) is 19.8. The molecule has 0 radical (unpaired) electrons.